The van der Waals surface area contributed by atoms with Crippen LogP contribution in [0.3, 0.4) is 0 Å². The second-order valence-corrected chi connectivity index (χ2v) is 6.48. The highest BCUT2D eigenvalue weighted by Gasteiger charge is 2.10. The van der Waals surface area contributed by atoms with Gasteiger partial charge < -0.3 is 0 Å². The van der Waals surface area contributed by atoms with E-state index in [0.717, 1.165) is 25.8 Å². The largest absolute Gasteiger partial charge is 0.289 e. The summed E-state index contributed by atoms with van der Waals surface area (Å²) in [4.78, 5) is 11.8. The molecule has 0 aliphatic carbocycles. The van der Waals surface area contributed by atoms with Gasteiger partial charge in [-0.15, -0.1) is 23.5 Å². The molecule has 0 unspecified atom stereocenters. The number of thioether (sulfide) groups is 2. The third-order valence-corrected chi connectivity index (χ3v) is 5.07. The van der Waals surface area contributed by atoms with Gasteiger partial charge in [0.25, 0.3) is 0 Å². The first-order valence-electron chi connectivity index (χ1n) is 4.53. The molecule has 15 heavy (non-hydrogen) atoms. The van der Waals surface area contributed by atoms with E-state index in [-0.39, 0.29) is 5.78 Å². The summed E-state index contributed by atoms with van der Waals surface area (Å²) >= 11 is 6.87. The number of carbonyl (C=O) groups excluding carboxylic acids is 1. The molecule has 2 rings (SSSR count). The van der Waals surface area contributed by atoms with Crippen molar-refractivity contribution in [3.05, 3.63) is 44.6 Å². The van der Waals surface area contributed by atoms with Crippen molar-refractivity contribution in [2.24, 2.45) is 0 Å². The van der Waals surface area contributed by atoms with Gasteiger partial charge in [0.15, 0.2) is 5.78 Å². The van der Waals surface area contributed by atoms with E-state index in [4.69, 9.17) is 0 Å². The molecule has 1 nitrogen and oxygen atoms in total. The van der Waals surface area contributed by atoms with Crippen molar-refractivity contribution in [1.29, 1.82) is 0 Å². The summed E-state index contributed by atoms with van der Waals surface area (Å²) in [6.07, 6.45) is 1.74. The zero-order valence-corrected chi connectivity index (χ0v) is 11.1. The fourth-order valence-corrected chi connectivity index (χ4v) is 3.76. The van der Waals surface area contributed by atoms with E-state index in [0.29, 0.717) is 0 Å². The van der Waals surface area contributed by atoms with Crippen molar-refractivity contribution in [2.45, 2.75) is 0 Å². The molecule has 0 radical (unpaired) electrons. The molecule has 0 aromatic heterocycles. The van der Waals surface area contributed by atoms with E-state index in [1.807, 2.05) is 24.3 Å². The smallest absolute Gasteiger partial charge is 0.187 e. The highest BCUT2D eigenvalue weighted by Crippen LogP contribution is 2.36. The zero-order chi connectivity index (χ0) is 10.7. The minimum absolute atomic E-state index is 0.0967. The lowest BCUT2D eigenvalue weighted by atomic mass is 10.1. The maximum Gasteiger partial charge on any atom is 0.187 e. The Labute approximate surface area is 106 Å². The van der Waals surface area contributed by atoms with Crippen LogP contribution in [0.25, 0.3) is 0 Å². The average molecular weight is 301 g/mol. The normalized spacial score (nSPS) is 15.4. The molecular formula is C11H9BrOS2. The van der Waals surface area contributed by atoms with Crippen LogP contribution < -0.4 is 0 Å². The summed E-state index contributed by atoms with van der Waals surface area (Å²) in [5, 5.41) is 0. The van der Waals surface area contributed by atoms with E-state index < -0.39 is 0 Å². The molecule has 1 aromatic rings. The second-order valence-electron chi connectivity index (χ2n) is 3.03. The van der Waals surface area contributed by atoms with Crippen molar-refractivity contribution in [3.8, 4) is 0 Å². The molecule has 0 N–H and O–H groups in total. The van der Waals surface area contributed by atoms with E-state index in [2.05, 4.69) is 15.9 Å². The lowest BCUT2D eigenvalue weighted by molar-refractivity contribution is 0.104. The molecule has 0 saturated carbocycles. The van der Waals surface area contributed by atoms with Crippen LogP contribution in [0.2, 0.25) is 0 Å². The van der Waals surface area contributed by atoms with Gasteiger partial charge in [-0.1, -0.05) is 15.9 Å². The first kappa shape index (κ1) is 11.3. The summed E-state index contributed by atoms with van der Waals surface area (Å²) in [5.41, 5.74) is 0.749. The van der Waals surface area contributed by atoms with Crippen LogP contribution >= 0.6 is 39.5 Å². The molecule has 1 aliphatic rings. The van der Waals surface area contributed by atoms with Crippen LogP contribution in [0.1, 0.15) is 10.4 Å². The topological polar surface area (TPSA) is 17.1 Å². The van der Waals surface area contributed by atoms with Gasteiger partial charge in [-0.05, 0) is 24.3 Å². The third-order valence-electron chi connectivity index (χ3n) is 1.95. The molecule has 1 heterocycles. The summed E-state index contributed by atoms with van der Waals surface area (Å²) < 4.78 is 2.14. The Morgan fingerprint density at radius 1 is 1.20 bits per heavy atom. The zero-order valence-electron chi connectivity index (χ0n) is 7.90. The quantitative estimate of drug-likeness (QED) is 0.608. The van der Waals surface area contributed by atoms with Crippen LogP contribution in [-0.4, -0.2) is 17.3 Å². The molecule has 4 heteroatoms. The van der Waals surface area contributed by atoms with Gasteiger partial charge in [0, 0.05) is 31.9 Å². The monoisotopic (exact) mass is 300 g/mol. The number of hydrogen-bond donors (Lipinski definition) is 0. The molecule has 0 spiro atoms. The summed E-state index contributed by atoms with van der Waals surface area (Å²) in [5.74, 6) is 2.33. The standard InChI is InChI=1S/C11H9BrOS2/c12-9-3-1-8(2-4-9)10(13)7-11-14-5-6-15-11/h1-4,7H,5-6H2. The molecule has 1 aromatic carbocycles. The van der Waals surface area contributed by atoms with Crippen LogP contribution in [0.5, 0.6) is 0 Å². The highest BCUT2D eigenvalue weighted by molar-refractivity contribution is 9.10. The Morgan fingerprint density at radius 2 is 1.80 bits per heavy atom. The number of allylic oxidation sites excluding steroid dienone is 1. The number of hydrogen-bond acceptors (Lipinski definition) is 3. The summed E-state index contributed by atoms with van der Waals surface area (Å²) in [6.45, 7) is 0. The van der Waals surface area contributed by atoms with Crippen LogP contribution in [0, 0.1) is 0 Å². The lowest BCUT2D eigenvalue weighted by Crippen LogP contribution is -1.93. The Hall–Kier alpha value is -0.190. The van der Waals surface area contributed by atoms with Crippen molar-refractivity contribution in [3.63, 3.8) is 0 Å². The number of rotatable bonds is 2. The SMILES string of the molecule is O=C(C=C1SCCS1)c1ccc(Br)cc1. The minimum atomic E-state index is 0.0967. The van der Waals surface area contributed by atoms with Gasteiger partial charge in [-0.25, -0.2) is 0 Å². The number of benzene rings is 1. The van der Waals surface area contributed by atoms with Gasteiger partial charge in [-0.3, -0.25) is 4.79 Å². The second kappa shape index (κ2) is 5.23. The molecule has 0 atom stereocenters. The molecule has 0 amide bonds. The number of carbonyl (C=O) groups is 1. The fourth-order valence-electron chi connectivity index (χ4n) is 1.21. The van der Waals surface area contributed by atoms with Crippen molar-refractivity contribution in [2.75, 3.05) is 11.5 Å². The highest BCUT2D eigenvalue weighted by atomic mass is 79.9. The molecule has 78 valence electrons. The van der Waals surface area contributed by atoms with Crippen molar-refractivity contribution >= 4 is 45.2 Å². The predicted octanol–water partition coefficient (Wildman–Crippen LogP) is 3.95. The van der Waals surface area contributed by atoms with Crippen LogP contribution in [0.4, 0.5) is 0 Å². The first-order chi connectivity index (χ1) is 7.25. The van der Waals surface area contributed by atoms with Gasteiger partial charge in [-0.2, -0.15) is 0 Å². The predicted molar refractivity (Wildman–Crippen MR) is 71.5 cm³/mol. The molecule has 0 bridgehead atoms. The van der Waals surface area contributed by atoms with E-state index in [1.165, 1.54) is 0 Å². The average Bonchev–Trinajstić information content (AvgIpc) is 2.71. The molecule has 1 aliphatic heterocycles. The lowest BCUT2D eigenvalue weighted by Gasteiger charge is -1.97. The summed E-state index contributed by atoms with van der Waals surface area (Å²) in [7, 11) is 0. The van der Waals surface area contributed by atoms with E-state index in [9.17, 15) is 4.79 Å². The van der Waals surface area contributed by atoms with Gasteiger partial charge in [0.2, 0.25) is 0 Å². The Kier molecular flexibility index (Phi) is 3.94. The Bertz CT molecular complexity index is 390. The van der Waals surface area contributed by atoms with Gasteiger partial charge in [0.1, 0.15) is 0 Å². The van der Waals surface area contributed by atoms with Crippen molar-refractivity contribution in [1.82, 2.24) is 0 Å². The Morgan fingerprint density at radius 3 is 2.40 bits per heavy atom. The molecular weight excluding hydrogens is 292 g/mol. The maximum absolute atomic E-state index is 11.8. The third kappa shape index (κ3) is 3.13. The molecule has 1 fully saturated rings. The fraction of sp³-hybridized carbons (Fsp3) is 0.182. The first-order valence-corrected chi connectivity index (χ1v) is 7.29. The van der Waals surface area contributed by atoms with Gasteiger partial charge >= 0.3 is 0 Å². The maximum atomic E-state index is 11.8. The van der Waals surface area contributed by atoms with Crippen LogP contribution in [0.15, 0.2) is 39.1 Å². The van der Waals surface area contributed by atoms with E-state index >= 15 is 0 Å². The number of ketones is 1. The minimum Gasteiger partial charge on any atom is -0.289 e. The Balaban J connectivity index is 2.14. The summed E-state index contributed by atoms with van der Waals surface area (Å²) in [6, 6.07) is 7.46. The molecule has 1 saturated heterocycles. The van der Waals surface area contributed by atoms with Crippen molar-refractivity contribution < 1.29 is 4.79 Å². The van der Waals surface area contributed by atoms with Crippen LogP contribution in [-0.2, 0) is 0 Å². The number of halogens is 1. The van der Waals surface area contributed by atoms with E-state index in [1.54, 1.807) is 29.6 Å². The van der Waals surface area contributed by atoms with Gasteiger partial charge in [0.05, 0.1) is 0 Å².